The maximum atomic E-state index is 13.0. The summed E-state index contributed by atoms with van der Waals surface area (Å²) in [5, 5.41) is 17.9. The summed E-state index contributed by atoms with van der Waals surface area (Å²) >= 11 is 6.29. The lowest BCUT2D eigenvalue weighted by Gasteiger charge is -2.47. The molecular weight excluding hydrogens is 638 g/mol. The third-order valence-electron chi connectivity index (χ3n) is 11.8. The highest BCUT2D eigenvalue weighted by molar-refractivity contribution is 6.30. The summed E-state index contributed by atoms with van der Waals surface area (Å²) in [6.07, 6.45) is 9.71. The minimum atomic E-state index is -1.07. The molecular formula is C40H50ClN3O5. The topological polar surface area (TPSA) is 102 Å². The predicted molar refractivity (Wildman–Crippen MR) is 192 cm³/mol. The molecule has 1 unspecified atom stereocenters. The molecule has 1 aromatic heterocycles. The number of pyridine rings is 1. The molecule has 4 aliphatic rings. The molecule has 4 atom stereocenters. The monoisotopic (exact) mass is 687 g/mol. The fourth-order valence-electron chi connectivity index (χ4n) is 9.21. The molecule has 3 aromatic rings. The van der Waals surface area contributed by atoms with Crippen LogP contribution in [0.5, 0.6) is 17.2 Å². The largest absolute Gasteiger partial charge is 0.493 e. The van der Waals surface area contributed by atoms with Crippen LogP contribution in [0.2, 0.25) is 5.02 Å². The van der Waals surface area contributed by atoms with Crippen molar-refractivity contribution in [3.63, 3.8) is 0 Å². The Labute approximate surface area is 295 Å². The minimum absolute atomic E-state index is 0.169. The second-order valence-electron chi connectivity index (χ2n) is 15.2. The van der Waals surface area contributed by atoms with Crippen molar-refractivity contribution < 1.29 is 24.1 Å². The van der Waals surface area contributed by atoms with Crippen molar-refractivity contribution in [3.05, 3.63) is 76.1 Å². The Balaban J connectivity index is 1.15. The molecule has 8 nitrogen and oxygen atoms in total. The first-order chi connectivity index (χ1) is 23.7. The predicted octanol–water partition coefficient (Wildman–Crippen LogP) is 7.81. The van der Waals surface area contributed by atoms with Crippen molar-refractivity contribution in [2.24, 2.45) is 17.8 Å². The molecule has 0 radical (unpaired) electrons. The number of carbonyl (C=O) groups is 1. The summed E-state index contributed by atoms with van der Waals surface area (Å²) < 4.78 is 19.3. The molecule has 49 heavy (non-hydrogen) atoms. The van der Waals surface area contributed by atoms with Gasteiger partial charge >= 0.3 is 5.97 Å². The van der Waals surface area contributed by atoms with Crippen LogP contribution in [0.1, 0.15) is 87.1 Å². The summed E-state index contributed by atoms with van der Waals surface area (Å²) in [5.41, 5.74) is 4.58. The molecule has 2 heterocycles. The van der Waals surface area contributed by atoms with E-state index in [1.54, 1.807) is 12.1 Å². The van der Waals surface area contributed by atoms with E-state index in [-0.39, 0.29) is 11.3 Å². The van der Waals surface area contributed by atoms with Crippen LogP contribution in [0.15, 0.2) is 48.7 Å². The van der Waals surface area contributed by atoms with Crippen LogP contribution in [0.4, 0.5) is 5.69 Å². The van der Waals surface area contributed by atoms with Crippen LogP contribution in [-0.4, -0.2) is 55.0 Å². The molecule has 0 amide bonds. The van der Waals surface area contributed by atoms with Gasteiger partial charge in [0.25, 0.3) is 0 Å². The molecule has 1 saturated carbocycles. The maximum absolute atomic E-state index is 13.0. The van der Waals surface area contributed by atoms with Gasteiger partial charge in [-0.15, -0.1) is 0 Å². The first-order valence-electron chi connectivity index (χ1n) is 18.1. The molecule has 1 fully saturated rings. The van der Waals surface area contributed by atoms with Gasteiger partial charge in [0.15, 0.2) is 11.5 Å². The lowest BCUT2D eigenvalue weighted by Crippen LogP contribution is -2.53. The lowest BCUT2D eigenvalue weighted by molar-refractivity contribution is -0.144. The van der Waals surface area contributed by atoms with Crippen molar-refractivity contribution in [1.29, 1.82) is 0 Å². The number of aromatic nitrogens is 1. The Hall–Kier alpha value is -3.49. The van der Waals surface area contributed by atoms with Gasteiger partial charge in [0.1, 0.15) is 11.3 Å². The summed E-state index contributed by atoms with van der Waals surface area (Å²) in [7, 11) is 1.95. The normalized spacial score (nSPS) is 27.9. The standard InChI is InChI=1S/C40H50ClN3O5/c1-25(22-47-34-10-15-43-33-9-4-6-26(2)37(33)34)16-29-17-28-18-35-36(49-24-27(21-42-3)23-48-35)20-32(28)39(29)11-13-40(14-12-39,38(45)46)44-31-8-5-7-30(41)19-31/h5,7-8,10,15,18-20,25-27,29,42,44H,4,6,9,11-14,16-17,21-24H2,1-3H3,(H,45,46)/t25-,26-,27?,29+,39-,40-/m1/s1. The van der Waals surface area contributed by atoms with E-state index in [1.165, 1.54) is 35.2 Å². The molecule has 0 saturated heterocycles. The van der Waals surface area contributed by atoms with Crippen LogP contribution in [0.3, 0.4) is 0 Å². The van der Waals surface area contributed by atoms with Gasteiger partial charge in [-0.25, -0.2) is 4.79 Å². The maximum Gasteiger partial charge on any atom is 0.329 e. The summed E-state index contributed by atoms with van der Waals surface area (Å²) in [6, 6.07) is 13.8. The van der Waals surface area contributed by atoms with Gasteiger partial charge in [-0.3, -0.25) is 4.98 Å². The summed E-state index contributed by atoms with van der Waals surface area (Å²) in [5.74, 6) is 3.17. The number of carboxylic acids is 1. The van der Waals surface area contributed by atoms with E-state index in [4.69, 9.17) is 25.8 Å². The van der Waals surface area contributed by atoms with Crippen LogP contribution in [0.25, 0.3) is 0 Å². The van der Waals surface area contributed by atoms with Gasteiger partial charge in [0.2, 0.25) is 0 Å². The first kappa shape index (κ1) is 34.0. The highest BCUT2D eigenvalue weighted by atomic mass is 35.5. The fraction of sp³-hybridized carbons (Fsp3) is 0.550. The Morgan fingerprint density at radius 1 is 1.12 bits per heavy atom. The van der Waals surface area contributed by atoms with Crippen LogP contribution >= 0.6 is 11.6 Å². The SMILES string of the molecule is CNCC1COc2cc3c(cc2OC1)[C@]1(CC[C@@](Nc2cccc(Cl)c2)(C(=O)O)CC1)[C@@H](C[C@@H](C)COc1ccnc2c1[C@H](C)CCC2)C3. The number of rotatable bonds is 10. The zero-order valence-corrected chi connectivity index (χ0v) is 29.8. The second kappa shape index (κ2) is 14.0. The number of hydrogen-bond donors (Lipinski definition) is 3. The number of ether oxygens (including phenoxy) is 3. The zero-order valence-electron chi connectivity index (χ0n) is 29.0. The van der Waals surface area contributed by atoms with E-state index in [1.807, 2.05) is 31.4 Å². The van der Waals surface area contributed by atoms with E-state index in [0.717, 1.165) is 61.6 Å². The van der Waals surface area contributed by atoms with Gasteiger partial charge in [-0.1, -0.05) is 31.5 Å². The number of aryl methyl sites for hydroxylation is 1. The summed E-state index contributed by atoms with van der Waals surface area (Å²) in [4.78, 5) is 17.6. The molecule has 262 valence electrons. The molecule has 2 aromatic carbocycles. The van der Waals surface area contributed by atoms with E-state index in [0.29, 0.717) is 55.4 Å². The lowest BCUT2D eigenvalue weighted by atomic mass is 9.59. The Bertz CT molecular complexity index is 1670. The fourth-order valence-corrected chi connectivity index (χ4v) is 9.40. The van der Waals surface area contributed by atoms with Crippen LogP contribution in [-0.2, 0) is 23.1 Å². The van der Waals surface area contributed by atoms with Crippen molar-refractivity contribution in [2.45, 2.75) is 88.5 Å². The molecule has 3 N–H and O–H groups in total. The molecule has 3 aliphatic carbocycles. The number of hydrogen-bond acceptors (Lipinski definition) is 7. The number of nitrogens with one attached hydrogen (secondary N) is 2. The van der Waals surface area contributed by atoms with Gasteiger partial charge < -0.3 is 30.0 Å². The number of anilines is 1. The third-order valence-corrected chi connectivity index (χ3v) is 12.0. The van der Waals surface area contributed by atoms with Crippen molar-refractivity contribution in [1.82, 2.24) is 10.3 Å². The molecule has 7 rings (SSSR count). The summed E-state index contributed by atoms with van der Waals surface area (Å²) in [6.45, 7) is 7.26. The van der Waals surface area contributed by atoms with Crippen molar-refractivity contribution >= 4 is 23.3 Å². The van der Waals surface area contributed by atoms with Gasteiger partial charge in [0, 0.05) is 40.6 Å². The number of aliphatic carboxylic acids is 1. The van der Waals surface area contributed by atoms with E-state index >= 15 is 0 Å². The van der Waals surface area contributed by atoms with Gasteiger partial charge in [-0.05, 0) is 136 Å². The van der Waals surface area contributed by atoms with Crippen LogP contribution in [0, 0.1) is 17.8 Å². The van der Waals surface area contributed by atoms with E-state index in [9.17, 15) is 9.90 Å². The highest BCUT2D eigenvalue weighted by Gasteiger charge is 2.54. The number of fused-ring (bicyclic) bond motifs is 4. The number of carboxylic acid groups (broad SMARTS) is 1. The van der Waals surface area contributed by atoms with E-state index < -0.39 is 11.5 Å². The average Bonchev–Trinajstić information content (AvgIpc) is 3.21. The van der Waals surface area contributed by atoms with Crippen LogP contribution < -0.4 is 24.8 Å². The first-order valence-corrected chi connectivity index (χ1v) is 18.5. The van der Waals surface area contributed by atoms with E-state index in [2.05, 4.69) is 41.6 Å². The molecule has 9 heteroatoms. The van der Waals surface area contributed by atoms with Crippen molar-refractivity contribution in [3.8, 4) is 17.2 Å². The minimum Gasteiger partial charge on any atom is -0.493 e. The zero-order chi connectivity index (χ0) is 34.2. The Morgan fingerprint density at radius 3 is 2.63 bits per heavy atom. The Morgan fingerprint density at radius 2 is 1.90 bits per heavy atom. The third kappa shape index (κ3) is 6.71. The molecule has 1 aliphatic heterocycles. The number of benzene rings is 2. The number of halogens is 1. The van der Waals surface area contributed by atoms with Gasteiger partial charge in [0.05, 0.1) is 19.8 Å². The number of nitrogens with zero attached hydrogens (tertiary/aromatic N) is 1. The quantitative estimate of drug-likeness (QED) is 0.199. The molecule has 0 bridgehead atoms. The Kier molecular flexibility index (Phi) is 9.73. The molecule has 1 spiro atoms. The smallest absolute Gasteiger partial charge is 0.329 e. The van der Waals surface area contributed by atoms with Gasteiger partial charge in [-0.2, -0.15) is 0 Å². The average molecular weight is 688 g/mol. The van der Waals surface area contributed by atoms with Crippen molar-refractivity contribution in [2.75, 3.05) is 38.7 Å². The second-order valence-corrected chi connectivity index (χ2v) is 15.6. The highest BCUT2D eigenvalue weighted by Crippen LogP contribution is 2.58.